The van der Waals surface area contributed by atoms with Crippen molar-refractivity contribution in [2.24, 2.45) is 10.9 Å². The number of para-hydroxylation sites is 2. The summed E-state index contributed by atoms with van der Waals surface area (Å²) in [4.78, 5) is 4.54. The van der Waals surface area contributed by atoms with Crippen LogP contribution in [0.3, 0.4) is 0 Å². The van der Waals surface area contributed by atoms with Gasteiger partial charge in [-0.2, -0.15) is 0 Å². The van der Waals surface area contributed by atoms with Crippen LogP contribution in [0.15, 0.2) is 53.7 Å². The molecule has 100 valence electrons. The van der Waals surface area contributed by atoms with Gasteiger partial charge < -0.3 is 10.9 Å². The summed E-state index contributed by atoms with van der Waals surface area (Å²) in [5.41, 5.74) is 9.26. The molecule has 3 rings (SSSR count). The first-order valence-corrected chi connectivity index (χ1v) is 6.23. The molecule has 0 aliphatic rings. The van der Waals surface area contributed by atoms with Gasteiger partial charge in [0.2, 0.25) is 0 Å². The number of fused-ring (bicyclic) bond motifs is 1. The predicted octanol–water partition coefficient (Wildman–Crippen LogP) is 2.43. The zero-order valence-corrected chi connectivity index (χ0v) is 11.0. The molecular weight excluding hydrogens is 252 g/mol. The van der Waals surface area contributed by atoms with E-state index in [0.29, 0.717) is 5.56 Å². The molecule has 0 saturated heterocycles. The third-order valence-corrected chi connectivity index (χ3v) is 3.26. The SMILES string of the molecule is Cc1nc2ccccc2n1-c1ccc(/C(N)=N/O)cc1. The molecule has 0 amide bonds. The molecule has 20 heavy (non-hydrogen) atoms. The van der Waals surface area contributed by atoms with Crippen LogP contribution in [0.25, 0.3) is 16.7 Å². The number of rotatable bonds is 2. The van der Waals surface area contributed by atoms with Crippen molar-refractivity contribution in [3.63, 3.8) is 0 Å². The van der Waals surface area contributed by atoms with E-state index >= 15 is 0 Å². The number of aromatic nitrogens is 2. The third kappa shape index (κ3) is 1.89. The molecule has 5 heteroatoms. The van der Waals surface area contributed by atoms with E-state index in [1.165, 1.54) is 0 Å². The fourth-order valence-corrected chi connectivity index (χ4v) is 2.31. The summed E-state index contributed by atoms with van der Waals surface area (Å²) in [5, 5.41) is 11.7. The van der Waals surface area contributed by atoms with Gasteiger partial charge in [0.05, 0.1) is 11.0 Å². The molecule has 0 aliphatic heterocycles. The fraction of sp³-hybridized carbons (Fsp3) is 0.0667. The number of amidine groups is 1. The smallest absolute Gasteiger partial charge is 0.170 e. The van der Waals surface area contributed by atoms with Crippen molar-refractivity contribution in [3.8, 4) is 5.69 Å². The molecule has 2 aromatic carbocycles. The first-order chi connectivity index (χ1) is 9.70. The van der Waals surface area contributed by atoms with Crippen molar-refractivity contribution in [1.29, 1.82) is 0 Å². The topological polar surface area (TPSA) is 76.4 Å². The Balaban J connectivity index is 2.14. The molecule has 0 spiro atoms. The Hall–Kier alpha value is -2.82. The number of imidazole rings is 1. The lowest BCUT2D eigenvalue weighted by Crippen LogP contribution is -2.12. The summed E-state index contributed by atoms with van der Waals surface area (Å²) in [5.74, 6) is 1.02. The van der Waals surface area contributed by atoms with E-state index < -0.39 is 0 Å². The zero-order chi connectivity index (χ0) is 14.1. The number of benzene rings is 2. The van der Waals surface area contributed by atoms with Crippen molar-refractivity contribution >= 4 is 16.9 Å². The highest BCUT2D eigenvalue weighted by Gasteiger charge is 2.08. The highest BCUT2D eigenvalue weighted by Crippen LogP contribution is 2.21. The fourth-order valence-electron chi connectivity index (χ4n) is 2.31. The average Bonchev–Trinajstić information content (AvgIpc) is 2.82. The van der Waals surface area contributed by atoms with Gasteiger partial charge >= 0.3 is 0 Å². The lowest BCUT2D eigenvalue weighted by molar-refractivity contribution is 0.318. The van der Waals surface area contributed by atoms with E-state index in [-0.39, 0.29) is 5.84 Å². The molecule has 3 N–H and O–H groups in total. The van der Waals surface area contributed by atoms with E-state index in [9.17, 15) is 0 Å². The molecule has 1 heterocycles. The van der Waals surface area contributed by atoms with Gasteiger partial charge in [-0.3, -0.25) is 4.57 Å². The molecule has 0 unspecified atom stereocenters. The van der Waals surface area contributed by atoms with Gasteiger partial charge in [0.1, 0.15) is 5.82 Å². The van der Waals surface area contributed by atoms with E-state index in [1.807, 2.05) is 55.5 Å². The normalized spacial score (nSPS) is 11.9. The van der Waals surface area contributed by atoms with Crippen LogP contribution in [0.5, 0.6) is 0 Å². The number of oxime groups is 1. The van der Waals surface area contributed by atoms with Gasteiger partial charge in [-0.15, -0.1) is 0 Å². The summed E-state index contributed by atoms with van der Waals surface area (Å²) in [7, 11) is 0. The van der Waals surface area contributed by atoms with E-state index in [4.69, 9.17) is 10.9 Å². The molecule has 3 aromatic rings. The van der Waals surface area contributed by atoms with Crippen LogP contribution in [-0.2, 0) is 0 Å². The summed E-state index contributed by atoms with van der Waals surface area (Å²) >= 11 is 0. The molecule has 0 fully saturated rings. The van der Waals surface area contributed by atoms with Crippen LogP contribution in [0.1, 0.15) is 11.4 Å². The Labute approximate surface area is 116 Å². The number of aryl methyl sites for hydroxylation is 1. The molecular formula is C15H14N4O. The Bertz CT molecular complexity index is 787. The van der Waals surface area contributed by atoms with E-state index in [2.05, 4.69) is 14.7 Å². The van der Waals surface area contributed by atoms with Crippen LogP contribution in [0.2, 0.25) is 0 Å². The Kier molecular flexibility index (Phi) is 2.87. The highest BCUT2D eigenvalue weighted by molar-refractivity contribution is 5.97. The van der Waals surface area contributed by atoms with Crippen LogP contribution >= 0.6 is 0 Å². The van der Waals surface area contributed by atoms with E-state index in [0.717, 1.165) is 22.5 Å². The summed E-state index contributed by atoms with van der Waals surface area (Å²) < 4.78 is 2.07. The van der Waals surface area contributed by atoms with E-state index in [1.54, 1.807) is 0 Å². The molecule has 1 aromatic heterocycles. The Morgan fingerprint density at radius 3 is 2.55 bits per heavy atom. The standard InChI is InChI=1S/C15H14N4O/c1-10-17-13-4-2-3-5-14(13)19(10)12-8-6-11(7-9-12)15(16)18-20/h2-9,20H,1H3,(H2,16,18). The van der Waals surface area contributed by atoms with Gasteiger partial charge in [-0.25, -0.2) is 4.98 Å². The molecule has 5 nitrogen and oxygen atoms in total. The monoisotopic (exact) mass is 266 g/mol. The van der Waals surface area contributed by atoms with Gasteiger partial charge in [0.15, 0.2) is 5.84 Å². The van der Waals surface area contributed by atoms with Gasteiger partial charge in [0, 0.05) is 11.3 Å². The largest absolute Gasteiger partial charge is 0.409 e. The first-order valence-electron chi connectivity index (χ1n) is 6.23. The maximum Gasteiger partial charge on any atom is 0.170 e. The molecule has 0 radical (unpaired) electrons. The summed E-state index contributed by atoms with van der Waals surface area (Å²) in [6, 6.07) is 15.5. The number of nitrogens with zero attached hydrogens (tertiary/aromatic N) is 3. The molecule has 0 aliphatic carbocycles. The predicted molar refractivity (Wildman–Crippen MR) is 78.3 cm³/mol. The number of nitrogens with two attached hydrogens (primary N) is 1. The van der Waals surface area contributed by atoms with Crippen LogP contribution in [-0.4, -0.2) is 20.6 Å². The second-order valence-corrected chi connectivity index (χ2v) is 4.52. The second kappa shape index (κ2) is 4.70. The van der Waals surface area contributed by atoms with Crippen LogP contribution in [0.4, 0.5) is 0 Å². The maximum atomic E-state index is 8.67. The highest BCUT2D eigenvalue weighted by atomic mass is 16.4. The van der Waals surface area contributed by atoms with Crippen LogP contribution in [0, 0.1) is 6.92 Å². The van der Waals surface area contributed by atoms with Gasteiger partial charge in [0.25, 0.3) is 0 Å². The zero-order valence-electron chi connectivity index (χ0n) is 11.0. The van der Waals surface area contributed by atoms with Crippen molar-refractivity contribution in [1.82, 2.24) is 9.55 Å². The van der Waals surface area contributed by atoms with Gasteiger partial charge in [-0.1, -0.05) is 17.3 Å². The van der Waals surface area contributed by atoms with Crippen molar-refractivity contribution in [2.45, 2.75) is 6.92 Å². The molecule has 0 atom stereocenters. The van der Waals surface area contributed by atoms with Crippen molar-refractivity contribution in [2.75, 3.05) is 0 Å². The van der Waals surface area contributed by atoms with Crippen LogP contribution < -0.4 is 5.73 Å². The minimum atomic E-state index is 0.101. The third-order valence-electron chi connectivity index (χ3n) is 3.26. The van der Waals surface area contributed by atoms with Crippen molar-refractivity contribution in [3.05, 3.63) is 59.9 Å². The first kappa shape index (κ1) is 12.2. The minimum absolute atomic E-state index is 0.101. The Morgan fingerprint density at radius 2 is 1.85 bits per heavy atom. The van der Waals surface area contributed by atoms with Crippen molar-refractivity contribution < 1.29 is 5.21 Å². The minimum Gasteiger partial charge on any atom is -0.409 e. The number of hydrogen-bond acceptors (Lipinski definition) is 3. The summed E-state index contributed by atoms with van der Waals surface area (Å²) in [6.07, 6.45) is 0. The van der Waals surface area contributed by atoms with Gasteiger partial charge in [-0.05, 0) is 43.3 Å². The molecule has 0 saturated carbocycles. The lowest BCUT2D eigenvalue weighted by atomic mass is 10.2. The maximum absolute atomic E-state index is 8.67. The Morgan fingerprint density at radius 1 is 1.15 bits per heavy atom. The quantitative estimate of drug-likeness (QED) is 0.324. The lowest BCUT2D eigenvalue weighted by Gasteiger charge is -2.07. The average molecular weight is 266 g/mol. The summed E-state index contributed by atoms with van der Waals surface area (Å²) in [6.45, 7) is 1.97. The second-order valence-electron chi connectivity index (χ2n) is 4.52. The number of hydrogen-bond donors (Lipinski definition) is 2. The molecule has 0 bridgehead atoms.